The zero-order chi connectivity index (χ0) is 18.3. The van der Waals surface area contributed by atoms with Gasteiger partial charge in [0.15, 0.2) is 16.5 Å². The summed E-state index contributed by atoms with van der Waals surface area (Å²) in [5.41, 5.74) is 2.23. The summed E-state index contributed by atoms with van der Waals surface area (Å²) in [6.07, 6.45) is 3.45. The Bertz CT molecular complexity index is 1220. The van der Waals surface area contributed by atoms with Crippen LogP contribution in [0.25, 0.3) is 22.3 Å². The summed E-state index contributed by atoms with van der Waals surface area (Å²) in [5.74, 6) is 0.131. The van der Waals surface area contributed by atoms with Crippen LogP contribution in [0, 0.1) is 0 Å². The summed E-state index contributed by atoms with van der Waals surface area (Å²) < 4.78 is 7.16. The topological polar surface area (TPSA) is 63.8 Å². The summed E-state index contributed by atoms with van der Waals surface area (Å²) in [5, 5.41) is 9.98. The van der Waals surface area contributed by atoms with E-state index < -0.39 is 0 Å². The number of hydrogen-bond acceptors (Lipinski definition) is 5. The Morgan fingerprint density at radius 3 is 2.73 bits per heavy atom. The maximum absolute atomic E-state index is 12.7. The van der Waals surface area contributed by atoms with E-state index in [1.54, 1.807) is 24.4 Å². The van der Waals surface area contributed by atoms with Crippen LogP contribution in [0.5, 0.6) is 11.5 Å². The van der Waals surface area contributed by atoms with Crippen LogP contribution >= 0.6 is 22.9 Å². The van der Waals surface area contributed by atoms with Crippen LogP contribution in [0.1, 0.15) is 5.56 Å². The molecule has 0 atom stereocenters. The Balaban J connectivity index is 1.82. The number of aromatic hydroxyl groups is 1. The van der Waals surface area contributed by atoms with Crippen LogP contribution < -0.4 is 14.8 Å². The van der Waals surface area contributed by atoms with Crippen molar-refractivity contribution < 1.29 is 9.84 Å². The number of hydrogen-bond donors (Lipinski definition) is 1. The van der Waals surface area contributed by atoms with Gasteiger partial charge in [-0.25, -0.2) is 4.98 Å². The molecule has 0 saturated heterocycles. The second-order valence-electron chi connectivity index (χ2n) is 5.61. The number of phenolic OH excluding ortho intramolecular Hbond substituents is 1. The van der Waals surface area contributed by atoms with Crippen LogP contribution in [0.4, 0.5) is 0 Å². The van der Waals surface area contributed by atoms with E-state index in [9.17, 15) is 9.90 Å². The van der Waals surface area contributed by atoms with Crippen LogP contribution in [0.2, 0.25) is 5.02 Å². The van der Waals surface area contributed by atoms with Gasteiger partial charge < -0.3 is 9.84 Å². The fourth-order valence-electron chi connectivity index (χ4n) is 2.66. The van der Waals surface area contributed by atoms with Crippen molar-refractivity contribution >= 4 is 34.0 Å². The van der Waals surface area contributed by atoms with Gasteiger partial charge in [-0.15, -0.1) is 0 Å². The maximum Gasteiger partial charge on any atom is 0.274 e. The number of thiazole rings is 1. The molecule has 0 radical (unpaired) electrons. The maximum atomic E-state index is 12.7. The standard InChI is InChI=1S/C19H13ClN2O3S/c1-25-15-8-11(7-13(20)17(15)23)9-16-18(24)22-10-14(21-19(22)26-16)12-5-3-2-4-6-12/h2-10,23H,1H3. The Morgan fingerprint density at radius 2 is 2.04 bits per heavy atom. The lowest BCUT2D eigenvalue weighted by molar-refractivity contribution is 0.373. The highest BCUT2D eigenvalue weighted by Crippen LogP contribution is 2.35. The highest BCUT2D eigenvalue weighted by molar-refractivity contribution is 7.15. The lowest BCUT2D eigenvalue weighted by Crippen LogP contribution is -2.22. The fraction of sp³-hybridized carbons (Fsp3) is 0.0526. The summed E-state index contributed by atoms with van der Waals surface area (Å²) in [7, 11) is 1.44. The highest BCUT2D eigenvalue weighted by Gasteiger charge is 2.11. The van der Waals surface area contributed by atoms with Crippen LogP contribution in [-0.2, 0) is 0 Å². The molecule has 0 bridgehead atoms. The number of benzene rings is 2. The first kappa shape index (κ1) is 16.6. The van der Waals surface area contributed by atoms with Crippen molar-refractivity contribution in [2.75, 3.05) is 7.11 Å². The molecule has 7 heteroatoms. The van der Waals surface area contributed by atoms with Crippen molar-refractivity contribution in [2.45, 2.75) is 0 Å². The highest BCUT2D eigenvalue weighted by atomic mass is 35.5. The minimum absolute atomic E-state index is 0.123. The molecule has 1 N–H and O–H groups in total. The minimum Gasteiger partial charge on any atom is -0.503 e. The summed E-state index contributed by atoms with van der Waals surface area (Å²) in [4.78, 5) is 17.8. The molecule has 0 fully saturated rings. The minimum atomic E-state index is -0.150. The SMILES string of the molecule is COc1cc(C=c2sc3nc(-c4ccccc4)cn3c2=O)cc(Cl)c1O. The Hall–Kier alpha value is -2.83. The van der Waals surface area contributed by atoms with Gasteiger partial charge in [-0.05, 0) is 23.8 Å². The number of halogens is 1. The molecule has 2 aromatic heterocycles. The molecule has 130 valence electrons. The predicted octanol–water partition coefficient (Wildman–Crippen LogP) is 3.34. The van der Waals surface area contributed by atoms with Crippen LogP contribution in [0.3, 0.4) is 0 Å². The molecular formula is C19H13ClN2O3S. The first-order valence-corrected chi connectivity index (χ1v) is 8.92. The Kier molecular flexibility index (Phi) is 4.14. The second-order valence-corrected chi connectivity index (χ2v) is 7.03. The number of phenols is 1. The van der Waals surface area contributed by atoms with Crippen molar-refractivity contribution in [2.24, 2.45) is 0 Å². The van der Waals surface area contributed by atoms with Gasteiger partial charge in [0.2, 0.25) is 0 Å². The molecule has 4 aromatic rings. The van der Waals surface area contributed by atoms with E-state index in [4.69, 9.17) is 16.3 Å². The van der Waals surface area contributed by atoms with Crippen molar-refractivity contribution in [1.29, 1.82) is 0 Å². The lowest BCUT2D eigenvalue weighted by atomic mass is 10.2. The molecule has 0 aliphatic rings. The summed E-state index contributed by atoms with van der Waals surface area (Å²) in [6.45, 7) is 0. The summed E-state index contributed by atoms with van der Waals surface area (Å²) >= 11 is 7.30. The first-order chi connectivity index (χ1) is 12.6. The average molecular weight is 385 g/mol. The van der Waals surface area contributed by atoms with Gasteiger partial charge in [-0.1, -0.05) is 53.3 Å². The number of aromatic nitrogens is 2. The largest absolute Gasteiger partial charge is 0.503 e. The normalized spacial score (nSPS) is 12.0. The van der Waals surface area contributed by atoms with Gasteiger partial charge in [-0.3, -0.25) is 9.20 Å². The third kappa shape index (κ3) is 2.83. The molecule has 4 rings (SSSR count). The molecule has 0 amide bonds. The Morgan fingerprint density at radius 1 is 1.27 bits per heavy atom. The Labute approximate surface area is 157 Å². The van der Waals surface area contributed by atoms with Gasteiger partial charge in [0, 0.05) is 11.8 Å². The number of fused-ring (bicyclic) bond motifs is 1. The molecule has 0 unspecified atom stereocenters. The second kappa shape index (κ2) is 6.48. The zero-order valence-electron chi connectivity index (χ0n) is 13.6. The number of methoxy groups -OCH3 is 1. The van der Waals surface area contributed by atoms with Crippen LogP contribution in [-0.4, -0.2) is 21.6 Å². The predicted molar refractivity (Wildman–Crippen MR) is 103 cm³/mol. The molecule has 0 aliphatic carbocycles. The molecule has 2 aromatic carbocycles. The van der Waals surface area contributed by atoms with Crippen molar-refractivity contribution in [3.8, 4) is 22.8 Å². The van der Waals surface area contributed by atoms with Gasteiger partial charge in [0.25, 0.3) is 5.56 Å². The van der Waals surface area contributed by atoms with Gasteiger partial charge in [-0.2, -0.15) is 0 Å². The van der Waals surface area contributed by atoms with E-state index in [0.717, 1.165) is 11.3 Å². The number of rotatable bonds is 3. The zero-order valence-corrected chi connectivity index (χ0v) is 15.2. The van der Waals surface area contributed by atoms with E-state index in [2.05, 4.69) is 4.98 Å². The number of imidazole rings is 1. The van der Waals surface area contributed by atoms with Crippen LogP contribution in [0.15, 0.2) is 53.5 Å². The molecule has 0 aliphatic heterocycles. The molecule has 5 nitrogen and oxygen atoms in total. The van der Waals surface area contributed by atoms with E-state index >= 15 is 0 Å². The lowest BCUT2D eigenvalue weighted by Gasteiger charge is -2.05. The van der Waals surface area contributed by atoms with E-state index in [0.29, 0.717) is 15.1 Å². The molecule has 2 heterocycles. The van der Waals surface area contributed by atoms with Gasteiger partial charge in [0.1, 0.15) is 0 Å². The number of ether oxygens (including phenoxy) is 1. The van der Waals surface area contributed by atoms with E-state index in [1.807, 2.05) is 30.3 Å². The van der Waals surface area contributed by atoms with Crippen molar-refractivity contribution in [3.05, 3.63) is 74.1 Å². The van der Waals surface area contributed by atoms with Crippen molar-refractivity contribution in [3.63, 3.8) is 0 Å². The monoisotopic (exact) mass is 384 g/mol. The first-order valence-electron chi connectivity index (χ1n) is 7.72. The van der Waals surface area contributed by atoms with Gasteiger partial charge in [0.05, 0.1) is 22.4 Å². The van der Waals surface area contributed by atoms with Gasteiger partial charge >= 0.3 is 0 Å². The quantitative estimate of drug-likeness (QED) is 0.588. The van der Waals surface area contributed by atoms with Crippen molar-refractivity contribution in [1.82, 2.24) is 9.38 Å². The van der Waals surface area contributed by atoms with E-state index in [-0.39, 0.29) is 22.1 Å². The molecule has 0 spiro atoms. The van der Waals surface area contributed by atoms with E-state index in [1.165, 1.54) is 22.8 Å². The molecule has 26 heavy (non-hydrogen) atoms. The average Bonchev–Trinajstić information content (AvgIpc) is 3.19. The smallest absolute Gasteiger partial charge is 0.274 e. The fourth-order valence-corrected chi connectivity index (χ4v) is 3.84. The summed E-state index contributed by atoms with van der Waals surface area (Å²) in [6, 6.07) is 12.9. The molecular weight excluding hydrogens is 372 g/mol. The third-order valence-corrected chi connectivity index (χ3v) is 5.21. The molecule has 0 saturated carbocycles. The number of nitrogens with zero attached hydrogens (tertiary/aromatic N) is 2. The third-order valence-electron chi connectivity index (χ3n) is 3.94.